The monoisotopic (exact) mass is 374 g/mol. The summed E-state index contributed by atoms with van der Waals surface area (Å²) in [6.07, 6.45) is 9.41. The second-order valence-corrected chi connectivity index (χ2v) is 11.6. The van der Waals surface area contributed by atoms with Gasteiger partial charge in [0.2, 0.25) is 0 Å². The molecule has 0 saturated heterocycles. The molecule has 0 atom stereocenters. The molecule has 2 nitrogen and oxygen atoms in total. The first-order valence-electron chi connectivity index (χ1n) is 11.9. The van der Waals surface area contributed by atoms with Crippen LogP contribution in [0.3, 0.4) is 0 Å². The zero-order valence-electron chi connectivity index (χ0n) is 18.8. The minimum Gasteiger partial charge on any atom is -0.459 e. The normalized spacial score (nSPS) is 46.3. The molecule has 154 valence electrons. The lowest BCUT2D eigenvalue weighted by molar-refractivity contribution is -0.274. The van der Waals surface area contributed by atoms with Gasteiger partial charge in [0.1, 0.15) is 5.60 Å². The molecule has 0 spiro atoms. The topological polar surface area (TPSA) is 26.3 Å². The summed E-state index contributed by atoms with van der Waals surface area (Å²) in [5.74, 6) is 6.97. The Morgan fingerprint density at radius 1 is 0.852 bits per heavy atom. The third-order valence-corrected chi connectivity index (χ3v) is 10.1. The van der Waals surface area contributed by atoms with Crippen LogP contribution >= 0.6 is 0 Å². The van der Waals surface area contributed by atoms with E-state index >= 15 is 0 Å². The number of carbonyl (C=O) groups excluding carboxylic acids is 1. The average Bonchev–Trinajstić information content (AvgIpc) is 2.66. The second kappa shape index (κ2) is 6.23. The molecule has 0 unspecified atom stereocenters. The van der Waals surface area contributed by atoms with Crippen molar-refractivity contribution < 1.29 is 9.53 Å². The van der Waals surface area contributed by atoms with Crippen LogP contribution in [0.2, 0.25) is 0 Å². The van der Waals surface area contributed by atoms with Crippen molar-refractivity contribution in [1.82, 2.24) is 0 Å². The van der Waals surface area contributed by atoms with Crippen molar-refractivity contribution in [1.29, 1.82) is 0 Å². The van der Waals surface area contributed by atoms with Gasteiger partial charge < -0.3 is 4.74 Å². The van der Waals surface area contributed by atoms with E-state index in [1.54, 1.807) is 0 Å². The van der Waals surface area contributed by atoms with E-state index in [1.165, 1.54) is 38.5 Å². The molecule has 7 aliphatic carbocycles. The van der Waals surface area contributed by atoms with Gasteiger partial charge >= 0.3 is 5.97 Å². The molecule has 0 aromatic carbocycles. The molecule has 0 heterocycles. The maximum atomic E-state index is 12.9. The first-order chi connectivity index (χ1) is 12.7. The Morgan fingerprint density at radius 2 is 1.26 bits per heavy atom. The van der Waals surface area contributed by atoms with Crippen LogP contribution in [-0.2, 0) is 9.53 Å². The fourth-order valence-corrected chi connectivity index (χ4v) is 8.27. The second-order valence-electron chi connectivity index (χ2n) is 11.6. The molecule has 0 N–H and O–H groups in total. The summed E-state index contributed by atoms with van der Waals surface area (Å²) in [4.78, 5) is 12.9. The Morgan fingerprint density at radius 3 is 1.63 bits per heavy atom. The lowest BCUT2D eigenvalue weighted by atomic mass is 9.31. The predicted octanol–water partition coefficient (Wildman–Crippen LogP) is 6.48. The van der Waals surface area contributed by atoms with Gasteiger partial charge in [-0.1, -0.05) is 20.8 Å². The van der Waals surface area contributed by atoms with Crippen molar-refractivity contribution in [3.05, 3.63) is 0 Å². The summed E-state index contributed by atoms with van der Waals surface area (Å²) in [6.45, 7) is 14.6. The highest BCUT2D eigenvalue weighted by atomic mass is 16.6. The Kier molecular flexibility index (Phi) is 4.56. The quantitative estimate of drug-likeness (QED) is 0.526. The van der Waals surface area contributed by atoms with E-state index in [2.05, 4.69) is 20.8 Å². The highest BCUT2D eigenvalue weighted by Gasteiger charge is 2.70. The molecule has 0 aromatic rings. The van der Waals surface area contributed by atoms with E-state index < -0.39 is 0 Å². The van der Waals surface area contributed by atoms with Gasteiger partial charge in [-0.3, -0.25) is 4.79 Å². The van der Waals surface area contributed by atoms with Crippen molar-refractivity contribution in [2.24, 2.45) is 52.3 Å². The first kappa shape index (κ1) is 19.8. The molecule has 0 aliphatic heterocycles. The molecular weight excluding hydrogens is 332 g/mol. The van der Waals surface area contributed by atoms with E-state index in [-0.39, 0.29) is 22.4 Å². The number of ether oxygens (including phenoxy) is 1. The van der Waals surface area contributed by atoms with Gasteiger partial charge in [-0.25, -0.2) is 0 Å². The largest absolute Gasteiger partial charge is 0.459 e. The first-order valence-corrected chi connectivity index (χ1v) is 11.9. The van der Waals surface area contributed by atoms with E-state index in [0.717, 1.165) is 47.8 Å². The van der Waals surface area contributed by atoms with Gasteiger partial charge in [0.25, 0.3) is 0 Å². The van der Waals surface area contributed by atoms with Crippen LogP contribution in [0.15, 0.2) is 0 Å². The van der Waals surface area contributed by atoms with Gasteiger partial charge in [0.15, 0.2) is 0 Å². The fraction of sp³-hybridized carbons (Fsp3) is 0.960. The summed E-state index contributed by atoms with van der Waals surface area (Å²) in [5.41, 5.74) is -0.429. The smallest absolute Gasteiger partial charge is 0.312 e. The number of hydrogen-bond donors (Lipinski definition) is 0. The number of hydrogen-bond acceptors (Lipinski definition) is 2. The molecule has 27 heavy (non-hydrogen) atoms. The third-order valence-electron chi connectivity index (χ3n) is 10.1. The van der Waals surface area contributed by atoms with Crippen LogP contribution < -0.4 is 0 Å². The maximum absolute atomic E-state index is 12.9. The van der Waals surface area contributed by atoms with Gasteiger partial charge in [-0.05, 0) is 114 Å². The average molecular weight is 375 g/mol. The van der Waals surface area contributed by atoms with E-state index in [4.69, 9.17) is 4.74 Å². The minimum absolute atomic E-state index is 0.0136. The summed E-state index contributed by atoms with van der Waals surface area (Å²) >= 11 is 0. The molecule has 7 aliphatic rings. The molecule has 7 saturated carbocycles. The van der Waals surface area contributed by atoms with E-state index in [0.29, 0.717) is 0 Å². The van der Waals surface area contributed by atoms with Crippen LogP contribution in [0.25, 0.3) is 0 Å². The zero-order chi connectivity index (χ0) is 19.8. The van der Waals surface area contributed by atoms with Gasteiger partial charge in [0, 0.05) is 5.41 Å². The van der Waals surface area contributed by atoms with Crippen molar-refractivity contribution in [2.45, 2.75) is 99.0 Å². The van der Waals surface area contributed by atoms with Crippen LogP contribution in [0.5, 0.6) is 0 Å². The summed E-state index contributed by atoms with van der Waals surface area (Å²) in [7, 11) is 0. The molecule has 0 amide bonds. The van der Waals surface area contributed by atoms with Gasteiger partial charge in [-0.2, -0.15) is 0 Å². The molecule has 8 bridgehead atoms. The van der Waals surface area contributed by atoms with Crippen LogP contribution in [0, 0.1) is 52.3 Å². The lowest BCUT2D eigenvalue weighted by Gasteiger charge is -2.74. The predicted molar refractivity (Wildman–Crippen MR) is 110 cm³/mol. The SMILES string of the molecule is CC.CCC(C)(C)C(=O)OC(C)(C)C12CC3C4CC5CC3C(C1)C(C5)C4C2. The van der Waals surface area contributed by atoms with Crippen LogP contribution in [0.1, 0.15) is 93.4 Å². The van der Waals surface area contributed by atoms with Crippen molar-refractivity contribution >= 4 is 5.97 Å². The molecule has 0 radical (unpaired) electrons. The molecule has 7 rings (SSSR count). The fourth-order valence-electron chi connectivity index (χ4n) is 8.27. The van der Waals surface area contributed by atoms with E-state index in [9.17, 15) is 4.79 Å². The lowest BCUT2D eigenvalue weighted by Crippen LogP contribution is -2.69. The van der Waals surface area contributed by atoms with Crippen molar-refractivity contribution in [3.8, 4) is 0 Å². The van der Waals surface area contributed by atoms with Gasteiger partial charge in [-0.15, -0.1) is 0 Å². The minimum atomic E-state index is -0.364. The molecule has 7 fully saturated rings. The molecule has 2 heteroatoms. The molecule has 0 aromatic heterocycles. The third kappa shape index (κ3) is 2.60. The summed E-state index contributed by atoms with van der Waals surface area (Å²) in [6, 6.07) is 0. The molecular formula is C25H42O2. The van der Waals surface area contributed by atoms with Crippen LogP contribution in [-0.4, -0.2) is 11.6 Å². The standard InChI is InChI=1S/C23H36O2.C2H6/c1-6-21(2,3)20(24)25-22(4,5)23-10-17-14-7-13-8-15(17)19(12-23)16(9-13)18(14)11-23;1-2/h13-19H,6-12H2,1-5H3;1-2H3. The summed E-state index contributed by atoms with van der Waals surface area (Å²) < 4.78 is 6.31. The maximum Gasteiger partial charge on any atom is 0.312 e. The summed E-state index contributed by atoms with van der Waals surface area (Å²) in [5, 5.41) is 0. The Bertz CT molecular complexity index is 541. The number of esters is 1. The van der Waals surface area contributed by atoms with E-state index in [1.807, 2.05) is 27.7 Å². The van der Waals surface area contributed by atoms with Crippen LogP contribution in [0.4, 0.5) is 0 Å². The highest BCUT2D eigenvalue weighted by Crippen LogP contribution is 2.76. The van der Waals surface area contributed by atoms with Crippen molar-refractivity contribution in [3.63, 3.8) is 0 Å². The highest BCUT2D eigenvalue weighted by molar-refractivity contribution is 5.76. The van der Waals surface area contributed by atoms with Gasteiger partial charge in [0.05, 0.1) is 5.41 Å². The zero-order valence-corrected chi connectivity index (χ0v) is 18.8. The Hall–Kier alpha value is -0.530. The van der Waals surface area contributed by atoms with Crippen molar-refractivity contribution in [2.75, 3.05) is 0 Å². The Balaban J connectivity index is 0.000000872. The number of carbonyl (C=O) groups is 1. The number of rotatable bonds is 4. The Labute approximate surface area is 167 Å².